The van der Waals surface area contributed by atoms with E-state index in [-0.39, 0.29) is 5.82 Å². The van der Waals surface area contributed by atoms with Crippen molar-refractivity contribution in [1.29, 1.82) is 0 Å². The predicted octanol–water partition coefficient (Wildman–Crippen LogP) is -1.47. The fraction of sp³-hybridized carbons (Fsp3) is 0.500. The second kappa shape index (κ2) is 5.05. The molecular weight excluding hydrogens is 276 g/mol. The smallest absolute Gasteiger partial charge is 0.351 e. The Balaban J connectivity index is 2.45. The number of hydrogen-bond acceptors (Lipinski definition) is 9. The number of azide groups is 1. The van der Waals surface area contributed by atoms with E-state index in [2.05, 4.69) is 19.9 Å². The molecule has 20 heavy (non-hydrogen) atoms. The number of aliphatic hydroxyl groups is 2. The van der Waals surface area contributed by atoms with E-state index in [4.69, 9.17) is 21.3 Å². The Labute approximate surface area is 110 Å². The summed E-state index contributed by atoms with van der Waals surface area (Å²) in [5.74, 6) is -2.63. The first kappa shape index (κ1) is 14.2. The zero-order valence-electron chi connectivity index (χ0n) is 9.77. The van der Waals surface area contributed by atoms with Crippen LogP contribution in [0.5, 0.6) is 0 Å². The summed E-state index contributed by atoms with van der Waals surface area (Å²) in [6.45, 7) is 0. The number of anilines is 1. The molecule has 0 spiro atoms. The average Bonchev–Trinajstić information content (AvgIpc) is 2.65. The lowest BCUT2D eigenvalue weighted by Crippen LogP contribution is -2.43. The summed E-state index contributed by atoms with van der Waals surface area (Å²) in [4.78, 5) is 21.2. The summed E-state index contributed by atoms with van der Waals surface area (Å²) in [5.41, 5.74) is 12.8. The highest BCUT2D eigenvalue weighted by atomic mass is 17.2. The highest BCUT2D eigenvalue weighted by Crippen LogP contribution is 2.38. The van der Waals surface area contributed by atoms with Crippen molar-refractivity contribution >= 4 is 5.82 Å². The fourth-order valence-corrected chi connectivity index (χ4v) is 1.76. The van der Waals surface area contributed by atoms with Gasteiger partial charge in [0.1, 0.15) is 18.0 Å². The molecule has 0 aromatic carbocycles. The van der Waals surface area contributed by atoms with Gasteiger partial charge in [0.25, 0.3) is 0 Å². The van der Waals surface area contributed by atoms with Crippen molar-refractivity contribution in [2.45, 2.75) is 24.3 Å². The minimum absolute atomic E-state index is 0.0565. The predicted molar refractivity (Wildman–Crippen MR) is 60.6 cm³/mol. The Morgan fingerprint density at radius 1 is 1.65 bits per heavy atom. The lowest BCUT2D eigenvalue weighted by Gasteiger charge is -2.21. The Bertz CT molecular complexity index is 614. The molecule has 108 valence electrons. The van der Waals surface area contributed by atoms with Gasteiger partial charge in [-0.25, -0.2) is 10.1 Å². The van der Waals surface area contributed by atoms with Crippen LogP contribution in [-0.2, 0) is 9.62 Å². The van der Waals surface area contributed by atoms with Crippen LogP contribution in [0, 0.1) is 0 Å². The molecule has 12 nitrogen and oxygen atoms in total. The molecule has 0 bridgehead atoms. The summed E-state index contributed by atoms with van der Waals surface area (Å²) < 4.78 is 5.75. The van der Waals surface area contributed by atoms with Crippen LogP contribution < -0.4 is 11.4 Å². The first-order valence-corrected chi connectivity index (χ1v) is 5.22. The fourth-order valence-electron chi connectivity index (χ4n) is 1.76. The van der Waals surface area contributed by atoms with Gasteiger partial charge in [-0.3, -0.25) is 4.57 Å². The van der Waals surface area contributed by atoms with Gasteiger partial charge in [-0.05, 0) is 16.7 Å². The lowest BCUT2D eigenvalue weighted by molar-refractivity contribution is -0.414. The van der Waals surface area contributed by atoms with Crippen molar-refractivity contribution < 1.29 is 25.1 Å². The summed E-state index contributed by atoms with van der Waals surface area (Å²) >= 11 is 0. The maximum absolute atomic E-state index is 11.6. The van der Waals surface area contributed by atoms with Crippen molar-refractivity contribution in [1.82, 2.24) is 9.55 Å². The number of nitrogens with zero attached hydrogens (tertiary/aromatic N) is 5. The minimum Gasteiger partial charge on any atom is -0.385 e. The van der Waals surface area contributed by atoms with E-state index < -0.39 is 30.0 Å². The molecule has 5 N–H and O–H groups in total. The van der Waals surface area contributed by atoms with Gasteiger partial charge < -0.3 is 20.7 Å². The summed E-state index contributed by atoms with van der Waals surface area (Å²) in [7, 11) is 0. The highest BCUT2D eigenvalue weighted by Gasteiger charge is 2.57. The SMILES string of the molecule is [N-]=[N+]=NC1(OO)OC(n2ccc(N)nc2=O)C(O)C1O. The molecule has 0 aliphatic carbocycles. The molecule has 1 aromatic heterocycles. The van der Waals surface area contributed by atoms with Gasteiger partial charge in [0.05, 0.1) is 0 Å². The Hall–Kier alpha value is -2.21. The second-order valence-corrected chi connectivity index (χ2v) is 3.90. The quantitative estimate of drug-likeness (QED) is 0.170. The highest BCUT2D eigenvalue weighted by molar-refractivity contribution is 5.23. The third-order valence-corrected chi connectivity index (χ3v) is 2.72. The topological polar surface area (TPSA) is 189 Å². The van der Waals surface area contributed by atoms with Gasteiger partial charge >= 0.3 is 11.6 Å². The largest absolute Gasteiger partial charge is 0.385 e. The van der Waals surface area contributed by atoms with E-state index >= 15 is 0 Å². The number of ether oxygens (including phenoxy) is 1. The minimum atomic E-state index is -2.57. The molecule has 1 saturated heterocycles. The zero-order chi connectivity index (χ0) is 14.9. The molecule has 2 heterocycles. The Kier molecular flexibility index (Phi) is 3.59. The van der Waals surface area contributed by atoms with E-state index in [1.54, 1.807) is 0 Å². The molecule has 1 aliphatic heterocycles. The first-order valence-electron chi connectivity index (χ1n) is 5.22. The van der Waals surface area contributed by atoms with Crippen LogP contribution >= 0.6 is 0 Å². The van der Waals surface area contributed by atoms with Crippen molar-refractivity contribution in [2.75, 3.05) is 5.73 Å². The van der Waals surface area contributed by atoms with Crippen molar-refractivity contribution in [3.05, 3.63) is 33.2 Å². The number of rotatable bonds is 3. The molecule has 4 unspecified atom stereocenters. The van der Waals surface area contributed by atoms with Crippen molar-refractivity contribution in [3.8, 4) is 0 Å². The second-order valence-electron chi connectivity index (χ2n) is 3.90. The van der Waals surface area contributed by atoms with Crippen LogP contribution in [0.2, 0.25) is 0 Å². The normalized spacial score (nSPS) is 32.9. The molecule has 0 saturated carbocycles. The molecule has 0 radical (unpaired) electrons. The van der Waals surface area contributed by atoms with Crippen molar-refractivity contribution in [2.24, 2.45) is 5.11 Å². The Morgan fingerprint density at radius 3 is 2.90 bits per heavy atom. The molecule has 4 atom stereocenters. The lowest BCUT2D eigenvalue weighted by atomic mass is 10.2. The molecular formula is C8H10N6O6. The molecule has 1 aliphatic rings. The van der Waals surface area contributed by atoms with Gasteiger partial charge in [0.2, 0.25) is 0 Å². The van der Waals surface area contributed by atoms with Crippen LogP contribution in [0.4, 0.5) is 5.82 Å². The van der Waals surface area contributed by atoms with Crippen LogP contribution in [0.25, 0.3) is 10.4 Å². The van der Waals surface area contributed by atoms with E-state index in [9.17, 15) is 15.0 Å². The molecule has 1 fully saturated rings. The summed E-state index contributed by atoms with van der Waals surface area (Å²) in [5, 5.41) is 31.2. The van der Waals surface area contributed by atoms with Crippen LogP contribution in [-0.4, -0.2) is 43.1 Å². The molecule has 2 rings (SSSR count). The molecule has 12 heteroatoms. The van der Waals surface area contributed by atoms with Crippen LogP contribution in [0.15, 0.2) is 22.2 Å². The molecule has 1 aromatic rings. The maximum atomic E-state index is 11.6. The van der Waals surface area contributed by atoms with E-state index in [0.29, 0.717) is 0 Å². The number of aliphatic hydroxyl groups excluding tert-OH is 2. The zero-order valence-corrected chi connectivity index (χ0v) is 9.77. The van der Waals surface area contributed by atoms with E-state index in [1.165, 1.54) is 6.07 Å². The first-order chi connectivity index (χ1) is 9.45. The number of hydrogen-bond donors (Lipinski definition) is 4. The van der Waals surface area contributed by atoms with Crippen LogP contribution in [0.3, 0.4) is 0 Å². The number of aromatic nitrogens is 2. The Morgan fingerprint density at radius 2 is 2.35 bits per heavy atom. The van der Waals surface area contributed by atoms with Gasteiger partial charge in [0.15, 0.2) is 6.23 Å². The van der Waals surface area contributed by atoms with Crippen molar-refractivity contribution in [3.63, 3.8) is 0 Å². The number of nitrogen functional groups attached to an aromatic ring is 1. The third kappa shape index (κ3) is 2.08. The van der Waals surface area contributed by atoms with E-state index in [1.807, 2.05) is 0 Å². The third-order valence-electron chi connectivity index (χ3n) is 2.72. The molecule has 0 amide bonds. The van der Waals surface area contributed by atoms with E-state index in [0.717, 1.165) is 10.8 Å². The van der Waals surface area contributed by atoms with Gasteiger partial charge in [-0.1, -0.05) is 0 Å². The van der Waals surface area contributed by atoms with Gasteiger partial charge in [0, 0.05) is 11.1 Å². The number of nitrogens with two attached hydrogens (primary N) is 1. The average molecular weight is 286 g/mol. The monoisotopic (exact) mass is 286 g/mol. The van der Waals surface area contributed by atoms with Gasteiger partial charge in [-0.15, -0.1) is 0 Å². The summed E-state index contributed by atoms with van der Waals surface area (Å²) in [6, 6.07) is 1.25. The van der Waals surface area contributed by atoms with Gasteiger partial charge in [-0.2, -0.15) is 9.87 Å². The van der Waals surface area contributed by atoms with Crippen LogP contribution in [0.1, 0.15) is 6.23 Å². The standard InChI is InChI=1S/C8H10N6O6/c9-3-1-2-14(7(17)11-3)6-4(15)5(16)8(19-6,20-18)12-13-10/h1-2,4-6,15-16,18H,(H2,9,11,17). The summed E-state index contributed by atoms with van der Waals surface area (Å²) in [6.07, 6.45) is -4.01. The maximum Gasteiger partial charge on any atom is 0.351 e.